The lowest BCUT2D eigenvalue weighted by Crippen LogP contribution is -2.52. The Bertz CT molecular complexity index is 434. The summed E-state index contributed by atoms with van der Waals surface area (Å²) in [6, 6.07) is 0. The van der Waals surface area contributed by atoms with Crippen molar-refractivity contribution in [1.29, 1.82) is 0 Å². The van der Waals surface area contributed by atoms with Crippen molar-refractivity contribution in [3.05, 3.63) is 16.1 Å². The van der Waals surface area contributed by atoms with E-state index in [1.165, 1.54) is 51.0 Å². The van der Waals surface area contributed by atoms with Gasteiger partial charge in [0.25, 0.3) is 0 Å². The van der Waals surface area contributed by atoms with E-state index in [1.807, 2.05) is 0 Å². The van der Waals surface area contributed by atoms with Gasteiger partial charge in [-0.2, -0.15) is 0 Å². The number of hydrogen-bond donors (Lipinski definition) is 1. The molecule has 0 spiro atoms. The van der Waals surface area contributed by atoms with Crippen molar-refractivity contribution in [2.45, 2.75) is 51.6 Å². The van der Waals surface area contributed by atoms with E-state index in [0.29, 0.717) is 0 Å². The fourth-order valence-corrected chi connectivity index (χ4v) is 4.01. The van der Waals surface area contributed by atoms with E-state index in [1.54, 1.807) is 11.3 Å². The molecule has 1 fully saturated rings. The van der Waals surface area contributed by atoms with Crippen LogP contribution in [0.25, 0.3) is 0 Å². The molecule has 0 radical (unpaired) electrons. The molecule has 5 heteroatoms. The molecule has 1 aromatic heterocycles. The van der Waals surface area contributed by atoms with E-state index in [9.17, 15) is 0 Å². The number of rotatable bonds is 6. The van der Waals surface area contributed by atoms with Gasteiger partial charge < -0.3 is 10.6 Å². The Labute approximate surface area is 133 Å². The van der Waals surface area contributed by atoms with Gasteiger partial charge in [0, 0.05) is 24.0 Å². The Balaban J connectivity index is 2.02. The largest absolute Gasteiger partial charge is 0.329 e. The molecule has 1 aliphatic rings. The lowest BCUT2D eigenvalue weighted by Gasteiger charge is -2.40. The summed E-state index contributed by atoms with van der Waals surface area (Å²) >= 11 is 1.73. The second kappa shape index (κ2) is 7.68. The topological polar surface area (TPSA) is 45.4 Å². The molecule has 1 unspecified atom stereocenters. The van der Waals surface area contributed by atoms with Gasteiger partial charge in [-0.25, -0.2) is 4.98 Å². The normalized spacial score (nSPS) is 24.4. The van der Waals surface area contributed by atoms with Gasteiger partial charge in [-0.15, -0.1) is 11.3 Å². The number of hydrogen-bond acceptors (Lipinski definition) is 5. The Morgan fingerprint density at radius 2 is 2.24 bits per heavy atom. The summed E-state index contributed by atoms with van der Waals surface area (Å²) in [6.07, 6.45) is 4.85. The Kier molecular flexibility index (Phi) is 6.17. The molecule has 0 aromatic carbocycles. The predicted octanol–water partition coefficient (Wildman–Crippen LogP) is 2.48. The van der Waals surface area contributed by atoms with Gasteiger partial charge in [0.1, 0.15) is 0 Å². The minimum absolute atomic E-state index is 0.139. The van der Waals surface area contributed by atoms with Crippen molar-refractivity contribution in [2.24, 2.45) is 5.73 Å². The molecule has 1 atom stereocenters. The van der Waals surface area contributed by atoms with E-state index in [0.717, 1.165) is 18.1 Å². The molecule has 21 heavy (non-hydrogen) atoms. The van der Waals surface area contributed by atoms with Crippen LogP contribution in [-0.4, -0.2) is 53.5 Å². The highest BCUT2D eigenvalue weighted by Crippen LogP contribution is 2.28. The monoisotopic (exact) mass is 310 g/mol. The second-order valence-electron chi connectivity index (χ2n) is 6.34. The lowest BCUT2D eigenvalue weighted by molar-refractivity contribution is 0.0980. The Hall–Kier alpha value is -0.490. The standard InChI is InChI=1S/C16H30N4S/c1-4-8-20-9-5-6-16(13-17,7-10-20)19(3)11-15-12-21-14(2)18-15/h12H,4-11,13,17H2,1-3H3. The van der Waals surface area contributed by atoms with Gasteiger partial charge in [-0.05, 0) is 59.3 Å². The first-order valence-electron chi connectivity index (χ1n) is 8.14. The Morgan fingerprint density at radius 3 is 2.86 bits per heavy atom. The van der Waals surface area contributed by atoms with E-state index >= 15 is 0 Å². The summed E-state index contributed by atoms with van der Waals surface area (Å²) in [5, 5.41) is 3.33. The molecule has 0 bridgehead atoms. The molecule has 2 rings (SSSR count). The first-order valence-corrected chi connectivity index (χ1v) is 9.02. The number of likely N-dealkylation sites (N-methyl/N-ethyl adjacent to an activating group) is 1. The summed E-state index contributed by atoms with van der Waals surface area (Å²) in [4.78, 5) is 9.66. The zero-order valence-corrected chi connectivity index (χ0v) is 14.6. The highest BCUT2D eigenvalue weighted by atomic mass is 32.1. The van der Waals surface area contributed by atoms with Crippen LogP contribution >= 0.6 is 11.3 Å². The predicted molar refractivity (Wildman–Crippen MR) is 90.7 cm³/mol. The molecule has 2 heterocycles. The molecular formula is C16H30N4S. The molecule has 0 amide bonds. The molecule has 0 saturated carbocycles. The first-order chi connectivity index (χ1) is 10.1. The van der Waals surface area contributed by atoms with E-state index in [2.05, 4.69) is 41.1 Å². The second-order valence-corrected chi connectivity index (χ2v) is 7.40. The SMILES string of the molecule is CCCN1CCCC(CN)(N(C)Cc2csc(C)n2)CC1. The first kappa shape index (κ1) is 16.9. The van der Waals surface area contributed by atoms with Crippen LogP contribution in [0.1, 0.15) is 43.3 Å². The zero-order chi connectivity index (χ0) is 15.3. The van der Waals surface area contributed by atoms with Crippen LogP contribution in [0.2, 0.25) is 0 Å². The number of likely N-dealkylation sites (tertiary alicyclic amines) is 1. The van der Waals surface area contributed by atoms with Gasteiger partial charge in [-0.1, -0.05) is 6.92 Å². The zero-order valence-electron chi connectivity index (χ0n) is 13.8. The number of nitrogens with zero attached hydrogens (tertiary/aromatic N) is 3. The average molecular weight is 311 g/mol. The minimum atomic E-state index is 0.139. The van der Waals surface area contributed by atoms with Crippen molar-refractivity contribution in [2.75, 3.05) is 33.2 Å². The third-order valence-corrected chi connectivity index (χ3v) is 5.63. The van der Waals surface area contributed by atoms with Gasteiger partial charge in [0.2, 0.25) is 0 Å². The van der Waals surface area contributed by atoms with Gasteiger partial charge in [0.15, 0.2) is 0 Å². The van der Waals surface area contributed by atoms with Crippen molar-refractivity contribution in [3.8, 4) is 0 Å². The molecule has 1 aliphatic heterocycles. The van der Waals surface area contributed by atoms with Crippen LogP contribution < -0.4 is 5.73 Å². The lowest BCUT2D eigenvalue weighted by atomic mass is 9.88. The Morgan fingerprint density at radius 1 is 1.43 bits per heavy atom. The van der Waals surface area contributed by atoms with Crippen molar-refractivity contribution in [3.63, 3.8) is 0 Å². The summed E-state index contributed by atoms with van der Waals surface area (Å²) in [5.41, 5.74) is 7.53. The van der Waals surface area contributed by atoms with Crippen LogP contribution in [0.15, 0.2) is 5.38 Å². The summed E-state index contributed by atoms with van der Waals surface area (Å²) in [7, 11) is 2.22. The fraction of sp³-hybridized carbons (Fsp3) is 0.812. The quantitative estimate of drug-likeness (QED) is 0.877. The van der Waals surface area contributed by atoms with Crippen LogP contribution in [0.4, 0.5) is 0 Å². The molecule has 2 N–H and O–H groups in total. The molecule has 4 nitrogen and oxygen atoms in total. The molecule has 0 aliphatic carbocycles. The smallest absolute Gasteiger partial charge is 0.0897 e. The summed E-state index contributed by atoms with van der Waals surface area (Å²) < 4.78 is 0. The third kappa shape index (κ3) is 4.25. The van der Waals surface area contributed by atoms with Crippen molar-refractivity contribution >= 4 is 11.3 Å². The highest BCUT2D eigenvalue weighted by molar-refractivity contribution is 7.09. The maximum atomic E-state index is 6.21. The van der Waals surface area contributed by atoms with E-state index in [-0.39, 0.29) is 5.54 Å². The van der Waals surface area contributed by atoms with Gasteiger partial charge >= 0.3 is 0 Å². The summed E-state index contributed by atoms with van der Waals surface area (Å²) in [6.45, 7) is 9.60. The molecular weight excluding hydrogens is 280 g/mol. The van der Waals surface area contributed by atoms with Crippen molar-refractivity contribution < 1.29 is 0 Å². The maximum Gasteiger partial charge on any atom is 0.0897 e. The van der Waals surface area contributed by atoms with Crippen LogP contribution in [0.3, 0.4) is 0 Å². The third-order valence-electron chi connectivity index (χ3n) is 4.81. The number of aromatic nitrogens is 1. The molecule has 1 saturated heterocycles. The van der Waals surface area contributed by atoms with Gasteiger partial charge in [-0.3, -0.25) is 4.90 Å². The van der Waals surface area contributed by atoms with Crippen LogP contribution in [-0.2, 0) is 6.54 Å². The average Bonchev–Trinajstić information content (AvgIpc) is 2.75. The minimum Gasteiger partial charge on any atom is -0.329 e. The number of thiazole rings is 1. The van der Waals surface area contributed by atoms with Crippen LogP contribution in [0.5, 0.6) is 0 Å². The summed E-state index contributed by atoms with van der Waals surface area (Å²) in [5.74, 6) is 0. The fourth-order valence-electron chi connectivity index (χ4n) is 3.41. The van der Waals surface area contributed by atoms with Crippen LogP contribution in [0, 0.1) is 6.92 Å². The number of aryl methyl sites for hydroxylation is 1. The molecule has 1 aromatic rings. The molecule has 120 valence electrons. The highest BCUT2D eigenvalue weighted by Gasteiger charge is 2.35. The van der Waals surface area contributed by atoms with E-state index in [4.69, 9.17) is 5.73 Å². The van der Waals surface area contributed by atoms with Crippen molar-refractivity contribution in [1.82, 2.24) is 14.8 Å². The maximum absolute atomic E-state index is 6.21. The van der Waals surface area contributed by atoms with E-state index < -0.39 is 0 Å². The number of nitrogens with two attached hydrogens (primary N) is 1. The van der Waals surface area contributed by atoms with Gasteiger partial charge in [0.05, 0.1) is 10.7 Å².